The lowest BCUT2D eigenvalue weighted by atomic mass is 9.82. The SMILES string of the molecule is O=C1CCOC[C@]2(CN(C(=O)[C@H]3CCCO3)C[C@H]2c2ccc(F)c(F)c2)N1. The number of hydrogen-bond donors (Lipinski definition) is 1. The first-order chi connectivity index (χ1) is 13.0. The number of carbonyl (C=O) groups excluding carboxylic acids is 2. The van der Waals surface area contributed by atoms with E-state index in [4.69, 9.17) is 9.47 Å². The number of amides is 2. The third-order valence-corrected chi connectivity index (χ3v) is 5.63. The Morgan fingerprint density at radius 1 is 1.26 bits per heavy atom. The van der Waals surface area contributed by atoms with Crippen LogP contribution in [0, 0.1) is 11.6 Å². The number of nitrogens with zero attached hydrogens (tertiary/aromatic N) is 1. The molecule has 27 heavy (non-hydrogen) atoms. The van der Waals surface area contributed by atoms with Crippen LogP contribution in [0.4, 0.5) is 8.78 Å². The van der Waals surface area contributed by atoms with E-state index in [0.29, 0.717) is 18.6 Å². The van der Waals surface area contributed by atoms with Crippen LogP contribution in [0.1, 0.15) is 30.7 Å². The Bertz CT molecular complexity index is 753. The maximum atomic E-state index is 13.9. The standard InChI is InChI=1S/C19H22F2N2O4/c20-14-4-3-12(8-15(14)21)13-9-23(18(25)16-2-1-6-27-16)10-19(13)11-26-7-5-17(24)22-19/h3-4,8,13,16H,1-2,5-7,9-11H2,(H,22,24)/t13-,16+,19-/m0/s1. The van der Waals surface area contributed by atoms with Gasteiger partial charge in [0.15, 0.2) is 11.6 Å². The minimum Gasteiger partial charge on any atom is -0.378 e. The van der Waals surface area contributed by atoms with Crippen LogP contribution in [-0.2, 0) is 19.1 Å². The molecule has 146 valence electrons. The maximum absolute atomic E-state index is 13.9. The molecule has 0 saturated carbocycles. The summed E-state index contributed by atoms with van der Waals surface area (Å²) in [6.07, 6.45) is 1.25. The molecule has 1 N–H and O–H groups in total. The van der Waals surface area contributed by atoms with E-state index >= 15 is 0 Å². The highest BCUT2D eigenvalue weighted by Crippen LogP contribution is 2.38. The molecule has 0 bridgehead atoms. The van der Waals surface area contributed by atoms with E-state index in [1.165, 1.54) is 6.07 Å². The number of hydrogen-bond acceptors (Lipinski definition) is 4. The molecule has 3 aliphatic heterocycles. The van der Waals surface area contributed by atoms with Gasteiger partial charge in [-0.05, 0) is 30.5 Å². The molecule has 0 unspecified atom stereocenters. The van der Waals surface area contributed by atoms with Crippen LogP contribution in [0.3, 0.4) is 0 Å². The Morgan fingerprint density at radius 3 is 2.85 bits per heavy atom. The Morgan fingerprint density at radius 2 is 2.11 bits per heavy atom. The van der Waals surface area contributed by atoms with Gasteiger partial charge in [-0.1, -0.05) is 6.07 Å². The second kappa shape index (κ2) is 7.16. The molecule has 6 nitrogen and oxygen atoms in total. The molecule has 3 saturated heterocycles. The second-order valence-electron chi connectivity index (χ2n) is 7.45. The highest BCUT2D eigenvalue weighted by atomic mass is 19.2. The summed E-state index contributed by atoms with van der Waals surface area (Å²) in [6.45, 7) is 1.59. The highest BCUT2D eigenvalue weighted by molar-refractivity contribution is 5.82. The van der Waals surface area contributed by atoms with Crippen LogP contribution in [0.25, 0.3) is 0 Å². The number of rotatable bonds is 2. The number of likely N-dealkylation sites (tertiary alicyclic amines) is 1. The summed E-state index contributed by atoms with van der Waals surface area (Å²) in [5.41, 5.74) is -0.339. The average molecular weight is 380 g/mol. The summed E-state index contributed by atoms with van der Waals surface area (Å²) in [6, 6.07) is 3.71. The second-order valence-corrected chi connectivity index (χ2v) is 7.45. The van der Waals surface area contributed by atoms with Crippen molar-refractivity contribution in [2.45, 2.75) is 36.8 Å². The fourth-order valence-corrected chi connectivity index (χ4v) is 4.28. The summed E-state index contributed by atoms with van der Waals surface area (Å²) in [5, 5.41) is 3.00. The van der Waals surface area contributed by atoms with Gasteiger partial charge < -0.3 is 19.7 Å². The number of nitrogens with one attached hydrogen (secondary N) is 1. The minimum atomic E-state index is -0.951. The molecule has 3 aliphatic rings. The Kier molecular flexibility index (Phi) is 4.86. The van der Waals surface area contributed by atoms with Gasteiger partial charge in [0, 0.05) is 32.0 Å². The van der Waals surface area contributed by atoms with E-state index in [-0.39, 0.29) is 44.5 Å². The first kappa shape index (κ1) is 18.3. The highest BCUT2D eigenvalue weighted by Gasteiger charge is 2.51. The molecule has 3 atom stereocenters. The van der Waals surface area contributed by atoms with Crippen molar-refractivity contribution < 1.29 is 27.8 Å². The molecule has 1 aromatic carbocycles. The third-order valence-electron chi connectivity index (χ3n) is 5.63. The number of carbonyl (C=O) groups is 2. The Hall–Kier alpha value is -2.06. The monoisotopic (exact) mass is 380 g/mol. The zero-order valence-electron chi connectivity index (χ0n) is 14.9. The molecule has 0 aliphatic carbocycles. The van der Waals surface area contributed by atoms with E-state index in [2.05, 4.69) is 5.32 Å². The molecular weight excluding hydrogens is 358 g/mol. The fraction of sp³-hybridized carbons (Fsp3) is 0.579. The summed E-state index contributed by atoms with van der Waals surface area (Å²) in [5.74, 6) is -2.59. The van der Waals surface area contributed by atoms with Crippen molar-refractivity contribution in [1.82, 2.24) is 10.2 Å². The quantitative estimate of drug-likeness (QED) is 0.841. The van der Waals surface area contributed by atoms with Gasteiger partial charge in [0.25, 0.3) is 5.91 Å². The van der Waals surface area contributed by atoms with Crippen molar-refractivity contribution in [3.63, 3.8) is 0 Å². The summed E-state index contributed by atoms with van der Waals surface area (Å²) in [7, 11) is 0. The Labute approximate surface area is 155 Å². The maximum Gasteiger partial charge on any atom is 0.251 e. The van der Waals surface area contributed by atoms with E-state index in [0.717, 1.165) is 18.6 Å². The molecule has 8 heteroatoms. The van der Waals surface area contributed by atoms with Gasteiger partial charge in [0.05, 0.1) is 18.8 Å². The molecule has 2 amide bonds. The predicted molar refractivity (Wildman–Crippen MR) is 91.0 cm³/mol. The normalized spacial score (nSPS) is 31.2. The number of halogens is 2. The van der Waals surface area contributed by atoms with E-state index in [1.807, 2.05) is 0 Å². The lowest BCUT2D eigenvalue weighted by Gasteiger charge is -2.34. The van der Waals surface area contributed by atoms with Gasteiger partial charge in [0.2, 0.25) is 5.91 Å². The van der Waals surface area contributed by atoms with Gasteiger partial charge in [0.1, 0.15) is 6.10 Å². The van der Waals surface area contributed by atoms with Gasteiger partial charge in [-0.15, -0.1) is 0 Å². The van der Waals surface area contributed by atoms with E-state index < -0.39 is 29.2 Å². The van der Waals surface area contributed by atoms with Crippen molar-refractivity contribution in [1.29, 1.82) is 0 Å². The molecule has 4 rings (SSSR count). The van der Waals surface area contributed by atoms with Gasteiger partial charge in [-0.25, -0.2) is 8.78 Å². The van der Waals surface area contributed by atoms with Crippen LogP contribution in [0.15, 0.2) is 18.2 Å². The van der Waals surface area contributed by atoms with Crippen LogP contribution in [0.2, 0.25) is 0 Å². The average Bonchev–Trinajstić information content (AvgIpc) is 3.25. The predicted octanol–water partition coefficient (Wildman–Crippen LogP) is 1.34. The van der Waals surface area contributed by atoms with Crippen molar-refractivity contribution in [3.8, 4) is 0 Å². The summed E-state index contributed by atoms with van der Waals surface area (Å²) < 4.78 is 38.4. The molecule has 1 aromatic rings. The first-order valence-corrected chi connectivity index (χ1v) is 9.23. The van der Waals surface area contributed by atoms with E-state index in [9.17, 15) is 18.4 Å². The summed E-state index contributed by atoms with van der Waals surface area (Å²) in [4.78, 5) is 26.7. The fourth-order valence-electron chi connectivity index (χ4n) is 4.28. The van der Waals surface area contributed by atoms with Crippen molar-refractivity contribution in [3.05, 3.63) is 35.4 Å². The van der Waals surface area contributed by atoms with Crippen LogP contribution >= 0.6 is 0 Å². The third kappa shape index (κ3) is 3.43. The lowest BCUT2D eigenvalue weighted by Crippen LogP contribution is -2.56. The van der Waals surface area contributed by atoms with Gasteiger partial charge in [-0.2, -0.15) is 0 Å². The molecule has 3 heterocycles. The van der Waals surface area contributed by atoms with Crippen LogP contribution in [-0.4, -0.2) is 61.3 Å². The molecule has 0 radical (unpaired) electrons. The number of benzene rings is 1. The zero-order chi connectivity index (χ0) is 19.0. The zero-order valence-corrected chi connectivity index (χ0v) is 14.9. The molecular formula is C19H22F2N2O4. The number of ether oxygens (including phenoxy) is 2. The van der Waals surface area contributed by atoms with Crippen molar-refractivity contribution >= 4 is 11.8 Å². The van der Waals surface area contributed by atoms with Gasteiger partial charge >= 0.3 is 0 Å². The minimum absolute atomic E-state index is 0.129. The van der Waals surface area contributed by atoms with Crippen molar-refractivity contribution in [2.75, 3.05) is 32.9 Å². The van der Waals surface area contributed by atoms with Crippen molar-refractivity contribution in [2.24, 2.45) is 0 Å². The molecule has 0 aromatic heterocycles. The smallest absolute Gasteiger partial charge is 0.251 e. The van der Waals surface area contributed by atoms with Gasteiger partial charge in [-0.3, -0.25) is 9.59 Å². The summed E-state index contributed by atoms with van der Waals surface area (Å²) >= 11 is 0. The largest absolute Gasteiger partial charge is 0.378 e. The first-order valence-electron chi connectivity index (χ1n) is 9.23. The van der Waals surface area contributed by atoms with E-state index in [1.54, 1.807) is 4.90 Å². The van der Waals surface area contributed by atoms with Crippen LogP contribution < -0.4 is 5.32 Å². The lowest BCUT2D eigenvalue weighted by molar-refractivity contribution is -0.140. The Balaban J connectivity index is 1.67. The van der Waals surface area contributed by atoms with Crippen LogP contribution in [0.5, 0.6) is 0 Å². The molecule has 3 fully saturated rings. The topological polar surface area (TPSA) is 67.9 Å². The molecule has 1 spiro atoms.